The van der Waals surface area contributed by atoms with Gasteiger partial charge < -0.3 is 9.94 Å². The van der Waals surface area contributed by atoms with Crippen molar-refractivity contribution in [3.63, 3.8) is 0 Å². The van der Waals surface area contributed by atoms with Gasteiger partial charge in [-0.1, -0.05) is 41.9 Å². The molecule has 2 N–H and O–H groups in total. The van der Waals surface area contributed by atoms with Gasteiger partial charge in [-0.05, 0) is 47.4 Å². The summed E-state index contributed by atoms with van der Waals surface area (Å²) in [5.41, 5.74) is 4.42. The Bertz CT molecular complexity index is 863. The second-order valence-corrected chi connectivity index (χ2v) is 6.16. The van der Waals surface area contributed by atoms with Crippen LogP contribution in [-0.4, -0.2) is 12.3 Å². The first kappa shape index (κ1) is 17.5. The lowest BCUT2D eigenvalue weighted by Gasteiger charge is -2.13. The van der Waals surface area contributed by atoms with E-state index in [4.69, 9.17) is 21.5 Å². The molecule has 0 spiro atoms. The summed E-state index contributed by atoms with van der Waals surface area (Å²) in [7, 11) is 1.65. The van der Waals surface area contributed by atoms with E-state index in [1.807, 2.05) is 48.5 Å². The fraction of sp³-hybridized carbons (Fsp3) is 0.100. The van der Waals surface area contributed by atoms with Crippen LogP contribution < -0.4 is 9.96 Å². The van der Waals surface area contributed by atoms with Crippen LogP contribution in [0.25, 0.3) is 11.1 Å². The first-order valence-corrected chi connectivity index (χ1v) is 8.19. The van der Waals surface area contributed by atoms with Crippen molar-refractivity contribution in [2.45, 2.75) is 6.42 Å². The Morgan fingerprint density at radius 2 is 1.72 bits per heavy atom. The van der Waals surface area contributed by atoms with Crippen LogP contribution >= 0.6 is 11.6 Å². The Kier molecular flexibility index (Phi) is 5.36. The largest absolute Gasteiger partial charge is 0.595 e. The molecular weight excluding hydrogens is 338 g/mol. The number of quaternary nitrogens is 1. The van der Waals surface area contributed by atoms with Crippen LogP contribution in [0, 0.1) is 5.21 Å². The van der Waals surface area contributed by atoms with Gasteiger partial charge >= 0.3 is 0 Å². The minimum Gasteiger partial charge on any atom is -0.595 e. The molecule has 0 radical (unpaired) electrons. The molecule has 25 heavy (non-hydrogen) atoms. The number of hydrogen-bond acceptors (Lipinski definition) is 3. The Hall–Kier alpha value is -2.37. The molecular formula is C20H18ClNO3. The molecule has 3 aromatic carbocycles. The Balaban J connectivity index is 1.91. The highest BCUT2D eigenvalue weighted by Gasteiger charge is 2.09. The van der Waals surface area contributed by atoms with Gasteiger partial charge in [-0.15, -0.1) is 0 Å². The van der Waals surface area contributed by atoms with E-state index in [1.165, 1.54) is 0 Å². The zero-order valence-corrected chi connectivity index (χ0v) is 14.5. The summed E-state index contributed by atoms with van der Waals surface area (Å²) in [6.45, 7) is 0. The topological polar surface area (TPSA) is 57.0 Å². The zero-order valence-electron chi connectivity index (χ0n) is 13.7. The number of benzene rings is 3. The third-order valence-electron chi connectivity index (χ3n) is 4.01. The molecule has 1 atom stereocenters. The van der Waals surface area contributed by atoms with Crippen molar-refractivity contribution in [3.8, 4) is 16.9 Å². The molecule has 0 heterocycles. The molecule has 128 valence electrons. The van der Waals surface area contributed by atoms with Gasteiger partial charge in [0, 0.05) is 22.7 Å². The average Bonchev–Trinajstić information content (AvgIpc) is 2.62. The molecule has 5 heteroatoms. The highest BCUT2D eigenvalue weighted by molar-refractivity contribution is 6.30. The van der Waals surface area contributed by atoms with E-state index in [-0.39, 0.29) is 5.69 Å². The van der Waals surface area contributed by atoms with Crippen molar-refractivity contribution in [1.29, 1.82) is 0 Å². The zero-order chi connectivity index (χ0) is 17.8. The second-order valence-electron chi connectivity index (χ2n) is 5.72. The fourth-order valence-corrected chi connectivity index (χ4v) is 2.94. The van der Waals surface area contributed by atoms with E-state index >= 15 is 0 Å². The van der Waals surface area contributed by atoms with Crippen molar-refractivity contribution in [1.82, 2.24) is 0 Å². The highest BCUT2D eigenvalue weighted by Crippen LogP contribution is 2.32. The van der Waals surface area contributed by atoms with Crippen molar-refractivity contribution >= 4 is 17.3 Å². The average molecular weight is 356 g/mol. The summed E-state index contributed by atoms with van der Waals surface area (Å²) in [5.74, 6) is 0.784. The first-order valence-electron chi connectivity index (χ1n) is 7.82. The van der Waals surface area contributed by atoms with Gasteiger partial charge in [-0.2, -0.15) is 5.23 Å². The first-order chi connectivity index (χ1) is 12.1. The minimum atomic E-state index is -0.917. The molecule has 1 unspecified atom stereocenters. The van der Waals surface area contributed by atoms with E-state index in [2.05, 4.69) is 6.07 Å². The number of hydrogen-bond donors (Lipinski definition) is 2. The Labute approximate surface area is 151 Å². The lowest BCUT2D eigenvalue weighted by atomic mass is 9.98. The van der Waals surface area contributed by atoms with Gasteiger partial charge in [0.25, 0.3) is 0 Å². The van der Waals surface area contributed by atoms with E-state index in [0.29, 0.717) is 11.4 Å². The van der Waals surface area contributed by atoms with Gasteiger partial charge in [0.15, 0.2) is 5.69 Å². The number of rotatable bonds is 5. The smallest absolute Gasteiger partial charge is 0.163 e. The molecule has 0 aromatic heterocycles. The molecule has 3 aromatic rings. The molecule has 0 aliphatic carbocycles. The normalized spacial score (nSPS) is 12.0. The highest BCUT2D eigenvalue weighted by atomic mass is 35.5. The van der Waals surface area contributed by atoms with Crippen LogP contribution in [-0.2, 0) is 6.42 Å². The molecule has 0 bridgehead atoms. The van der Waals surface area contributed by atoms with Crippen LogP contribution in [0.3, 0.4) is 0 Å². The number of methoxy groups -OCH3 is 1. The third kappa shape index (κ3) is 4.18. The number of nitrogens with one attached hydrogen (secondary N) is 1. The summed E-state index contributed by atoms with van der Waals surface area (Å²) >= 11 is 6.11. The van der Waals surface area contributed by atoms with Gasteiger partial charge in [0.05, 0.1) is 7.11 Å². The standard InChI is InChI=1S/C20H18ClNO3/c1-25-20-10-7-15(11-14-5-8-18(9-6-14)22(23)24)12-19(20)16-3-2-4-17(21)13-16/h2-10,12-13,22-23H,11H2,1H3. The molecule has 0 saturated carbocycles. The molecule has 0 fully saturated rings. The number of ether oxygens (including phenoxy) is 1. The summed E-state index contributed by atoms with van der Waals surface area (Å²) in [6, 6.07) is 20.6. The molecule has 4 nitrogen and oxygen atoms in total. The quantitative estimate of drug-likeness (QED) is 0.680. The van der Waals surface area contributed by atoms with Gasteiger partial charge in [0.1, 0.15) is 5.75 Å². The fourth-order valence-electron chi connectivity index (χ4n) is 2.75. The van der Waals surface area contributed by atoms with Gasteiger partial charge in [-0.3, -0.25) is 0 Å². The van der Waals surface area contributed by atoms with Crippen LogP contribution in [0.2, 0.25) is 5.02 Å². The number of halogens is 1. The molecule has 0 aliphatic heterocycles. The van der Waals surface area contributed by atoms with Gasteiger partial charge in [0.2, 0.25) is 0 Å². The summed E-state index contributed by atoms with van der Waals surface area (Å²) in [4.78, 5) is 0. The minimum absolute atomic E-state index is 0.290. The van der Waals surface area contributed by atoms with E-state index in [1.54, 1.807) is 19.2 Å². The second kappa shape index (κ2) is 7.68. The third-order valence-corrected chi connectivity index (χ3v) is 4.24. The summed E-state index contributed by atoms with van der Waals surface area (Å²) in [5, 5.41) is 19.7. The molecule has 0 aliphatic rings. The summed E-state index contributed by atoms with van der Waals surface area (Å²) in [6.07, 6.45) is 0.706. The van der Waals surface area contributed by atoms with Crippen molar-refractivity contribution in [3.05, 3.63) is 88.1 Å². The maximum atomic E-state index is 10.9. The maximum absolute atomic E-state index is 10.9. The van der Waals surface area contributed by atoms with Crippen LogP contribution in [0.5, 0.6) is 5.75 Å². The molecule has 0 amide bonds. The predicted octanol–water partition coefficient (Wildman–Crippen LogP) is 4.01. The van der Waals surface area contributed by atoms with Crippen molar-refractivity contribution in [2.75, 3.05) is 7.11 Å². The lowest BCUT2D eigenvalue weighted by Crippen LogP contribution is -2.99. The summed E-state index contributed by atoms with van der Waals surface area (Å²) < 4.78 is 5.48. The van der Waals surface area contributed by atoms with E-state index < -0.39 is 5.23 Å². The van der Waals surface area contributed by atoms with E-state index in [0.717, 1.165) is 28.0 Å². The SMILES string of the molecule is COc1ccc(Cc2ccc([NH+]([O-])O)cc2)cc1-c1cccc(Cl)c1. The predicted molar refractivity (Wildman–Crippen MR) is 98.5 cm³/mol. The van der Waals surface area contributed by atoms with Crippen LogP contribution in [0.15, 0.2) is 66.7 Å². The Morgan fingerprint density at radius 1 is 1.00 bits per heavy atom. The maximum Gasteiger partial charge on any atom is 0.163 e. The Morgan fingerprint density at radius 3 is 2.36 bits per heavy atom. The van der Waals surface area contributed by atoms with Crippen molar-refractivity contribution < 1.29 is 15.2 Å². The van der Waals surface area contributed by atoms with Crippen molar-refractivity contribution in [2.24, 2.45) is 0 Å². The van der Waals surface area contributed by atoms with Crippen LogP contribution in [0.4, 0.5) is 5.69 Å². The van der Waals surface area contributed by atoms with Gasteiger partial charge in [-0.25, -0.2) is 5.21 Å². The lowest BCUT2D eigenvalue weighted by molar-refractivity contribution is -0.991. The molecule has 3 rings (SSSR count). The van der Waals surface area contributed by atoms with Crippen LogP contribution in [0.1, 0.15) is 11.1 Å². The van der Waals surface area contributed by atoms with E-state index in [9.17, 15) is 5.21 Å². The monoisotopic (exact) mass is 355 g/mol. The molecule has 0 saturated heterocycles.